The number of hydrogen-bond donors (Lipinski definition) is 1. The minimum atomic E-state index is 0.157. The highest BCUT2D eigenvalue weighted by molar-refractivity contribution is 7.99. The van der Waals surface area contributed by atoms with Gasteiger partial charge in [0.05, 0.1) is 12.0 Å². The van der Waals surface area contributed by atoms with Crippen LogP contribution >= 0.6 is 11.8 Å². The van der Waals surface area contributed by atoms with Gasteiger partial charge in [0.15, 0.2) is 0 Å². The van der Waals surface area contributed by atoms with Crippen LogP contribution in [-0.2, 0) is 13.1 Å². The van der Waals surface area contributed by atoms with Crippen LogP contribution in [0.2, 0.25) is 0 Å². The van der Waals surface area contributed by atoms with E-state index in [1.807, 2.05) is 6.33 Å². The molecule has 0 bridgehead atoms. The number of nitrogens with one attached hydrogen (secondary N) is 1. The fourth-order valence-corrected chi connectivity index (χ4v) is 3.38. The predicted molar refractivity (Wildman–Crippen MR) is 78.9 cm³/mol. The van der Waals surface area contributed by atoms with E-state index in [-0.39, 0.29) is 5.54 Å². The van der Waals surface area contributed by atoms with Gasteiger partial charge in [-0.1, -0.05) is 0 Å². The Hall–Kier alpha value is -0.480. The summed E-state index contributed by atoms with van der Waals surface area (Å²) in [5.74, 6) is 3.51. The van der Waals surface area contributed by atoms with E-state index in [9.17, 15) is 0 Å². The Labute approximate surface area is 115 Å². The van der Waals surface area contributed by atoms with Gasteiger partial charge in [0.1, 0.15) is 0 Å². The molecule has 2 heterocycles. The third kappa shape index (κ3) is 4.65. The summed E-state index contributed by atoms with van der Waals surface area (Å²) in [7, 11) is 0. The van der Waals surface area contributed by atoms with Crippen molar-refractivity contribution in [3.05, 3.63) is 18.2 Å². The maximum atomic E-state index is 4.48. The summed E-state index contributed by atoms with van der Waals surface area (Å²) in [6, 6.07) is 0. The lowest BCUT2D eigenvalue weighted by atomic mass is 10.0. The Morgan fingerprint density at radius 2 is 2.11 bits per heavy atom. The lowest BCUT2D eigenvalue weighted by Crippen LogP contribution is -2.35. The van der Waals surface area contributed by atoms with Gasteiger partial charge in [0.25, 0.3) is 0 Å². The van der Waals surface area contributed by atoms with Gasteiger partial charge in [0.2, 0.25) is 0 Å². The molecule has 2 rings (SSSR count). The average molecular weight is 267 g/mol. The van der Waals surface area contributed by atoms with Gasteiger partial charge in [-0.3, -0.25) is 0 Å². The first-order valence-corrected chi connectivity index (χ1v) is 8.02. The topological polar surface area (TPSA) is 29.9 Å². The maximum Gasteiger partial charge on any atom is 0.0950 e. The summed E-state index contributed by atoms with van der Waals surface area (Å²) >= 11 is 2.09. The first-order chi connectivity index (χ1) is 8.53. The normalized spacial score (nSPS) is 18.2. The van der Waals surface area contributed by atoms with Crippen LogP contribution in [-0.4, -0.2) is 26.6 Å². The van der Waals surface area contributed by atoms with E-state index < -0.39 is 0 Å². The predicted octanol–water partition coefficient (Wildman–Crippen LogP) is 2.91. The van der Waals surface area contributed by atoms with Crippen molar-refractivity contribution < 1.29 is 0 Å². The zero-order valence-electron chi connectivity index (χ0n) is 11.8. The fourth-order valence-electron chi connectivity index (χ4n) is 2.18. The molecule has 1 fully saturated rings. The van der Waals surface area contributed by atoms with E-state index >= 15 is 0 Å². The molecule has 1 saturated heterocycles. The van der Waals surface area contributed by atoms with Gasteiger partial charge in [0, 0.05) is 24.8 Å². The number of nitrogens with zero attached hydrogens (tertiary/aromatic N) is 2. The molecule has 102 valence electrons. The van der Waals surface area contributed by atoms with Crippen LogP contribution in [0.3, 0.4) is 0 Å². The van der Waals surface area contributed by atoms with Crippen molar-refractivity contribution in [1.29, 1.82) is 0 Å². The number of thioether (sulfide) groups is 1. The van der Waals surface area contributed by atoms with Gasteiger partial charge >= 0.3 is 0 Å². The van der Waals surface area contributed by atoms with Gasteiger partial charge < -0.3 is 9.88 Å². The monoisotopic (exact) mass is 267 g/mol. The molecule has 0 amide bonds. The van der Waals surface area contributed by atoms with Crippen LogP contribution < -0.4 is 5.32 Å². The van der Waals surface area contributed by atoms with E-state index in [2.05, 4.69) is 53.6 Å². The molecule has 0 radical (unpaired) electrons. The SMILES string of the molecule is CC(C)(C)NCc1cn(CC2CCSCC2)cn1. The maximum absolute atomic E-state index is 4.48. The summed E-state index contributed by atoms with van der Waals surface area (Å²) in [6.07, 6.45) is 6.90. The molecule has 1 N–H and O–H groups in total. The van der Waals surface area contributed by atoms with Crippen molar-refractivity contribution in [3.8, 4) is 0 Å². The molecule has 4 heteroatoms. The number of aromatic nitrogens is 2. The smallest absolute Gasteiger partial charge is 0.0950 e. The summed E-state index contributed by atoms with van der Waals surface area (Å²) in [4.78, 5) is 4.48. The van der Waals surface area contributed by atoms with E-state index in [4.69, 9.17) is 0 Å². The van der Waals surface area contributed by atoms with Gasteiger partial charge in [-0.25, -0.2) is 4.98 Å². The highest BCUT2D eigenvalue weighted by Crippen LogP contribution is 2.24. The Morgan fingerprint density at radius 1 is 1.39 bits per heavy atom. The van der Waals surface area contributed by atoms with E-state index in [0.29, 0.717) is 0 Å². The molecule has 0 unspecified atom stereocenters. The third-order valence-electron chi connectivity index (χ3n) is 3.30. The fraction of sp³-hybridized carbons (Fsp3) is 0.786. The molecule has 1 aliphatic heterocycles. The molecular formula is C14H25N3S. The van der Waals surface area contributed by atoms with Crippen molar-refractivity contribution in [3.63, 3.8) is 0 Å². The van der Waals surface area contributed by atoms with Crippen molar-refractivity contribution in [2.45, 2.75) is 52.2 Å². The highest BCUT2D eigenvalue weighted by atomic mass is 32.2. The zero-order valence-corrected chi connectivity index (χ0v) is 12.6. The minimum absolute atomic E-state index is 0.157. The van der Waals surface area contributed by atoms with Gasteiger partial charge in [-0.2, -0.15) is 11.8 Å². The molecule has 1 aromatic rings. The molecule has 0 aliphatic carbocycles. The van der Waals surface area contributed by atoms with Crippen LogP contribution in [0.5, 0.6) is 0 Å². The quantitative estimate of drug-likeness (QED) is 0.909. The second-order valence-corrected chi connectivity index (χ2v) is 7.45. The van der Waals surface area contributed by atoms with Gasteiger partial charge in [-0.05, 0) is 51.0 Å². The Bertz CT molecular complexity index is 361. The molecule has 1 aliphatic rings. The first-order valence-electron chi connectivity index (χ1n) is 6.86. The Morgan fingerprint density at radius 3 is 2.78 bits per heavy atom. The van der Waals surface area contributed by atoms with Crippen molar-refractivity contribution >= 4 is 11.8 Å². The second kappa shape index (κ2) is 6.11. The van der Waals surface area contributed by atoms with Crippen molar-refractivity contribution in [2.75, 3.05) is 11.5 Å². The molecule has 0 aromatic carbocycles. The van der Waals surface area contributed by atoms with E-state index in [1.165, 1.54) is 24.3 Å². The van der Waals surface area contributed by atoms with Crippen LogP contribution in [0.15, 0.2) is 12.5 Å². The summed E-state index contributed by atoms with van der Waals surface area (Å²) in [5, 5.41) is 3.48. The summed E-state index contributed by atoms with van der Waals surface area (Å²) < 4.78 is 2.26. The van der Waals surface area contributed by atoms with Crippen molar-refractivity contribution in [1.82, 2.24) is 14.9 Å². The van der Waals surface area contributed by atoms with Crippen LogP contribution in [0.1, 0.15) is 39.3 Å². The van der Waals surface area contributed by atoms with E-state index in [1.54, 1.807) is 0 Å². The Kier molecular flexibility index (Phi) is 4.73. The molecule has 18 heavy (non-hydrogen) atoms. The zero-order chi connectivity index (χ0) is 13.0. The van der Waals surface area contributed by atoms with Crippen molar-refractivity contribution in [2.24, 2.45) is 5.92 Å². The lowest BCUT2D eigenvalue weighted by Gasteiger charge is -2.21. The molecule has 3 nitrogen and oxygen atoms in total. The van der Waals surface area contributed by atoms with E-state index in [0.717, 1.165) is 24.7 Å². The molecule has 0 atom stereocenters. The van der Waals surface area contributed by atoms with Crippen LogP contribution in [0.25, 0.3) is 0 Å². The summed E-state index contributed by atoms with van der Waals surface area (Å²) in [6.45, 7) is 8.55. The third-order valence-corrected chi connectivity index (χ3v) is 4.35. The van der Waals surface area contributed by atoms with Crippen LogP contribution in [0.4, 0.5) is 0 Å². The number of imidazole rings is 1. The van der Waals surface area contributed by atoms with Gasteiger partial charge in [-0.15, -0.1) is 0 Å². The highest BCUT2D eigenvalue weighted by Gasteiger charge is 2.15. The molecular weight excluding hydrogens is 242 g/mol. The molecule has 0 saturated carbocycles. The Balaban J connectivity index is 1.82. The number of rotatable bonds is 4. The minimum Gasteiger partial charge on any atom is -0.337 e. The molecule has 1 aromatic heterocycles. The number of hydrogen-bond acceptors (Lipinski definition) is 3. The summed E-state index contributed by atoms with van der Waals surface area (Å²) in [5.41, 5.74) is 1.31. The molecule has 0 spiro atoms. The standard InChI is InChI=1S/C14H25N3S/c1-14(2,3)16-8-13-10-17(11-15-13)9-12-4-6-18-7-5-12/h10-12,16H,4-9H2,1-3H3. The first kappa shape index (κ1) is 13.9. The largest absolute Gasteiger partial charge is 0.337 e. The lowest BCUT2D eigenvalue weighted by molar-refractivity contribution is 0.413. The van der Waals surface area contributed by atoms with Crippen LogP contribution in [0, 0.1) is 5.92 Å². The average Bonchev–Trinajstić information content (AvgIpc) is 2.75. The second-order valence-electron chi connectivity index (χ2n) is 6.22.